The molecule has 0 aliphatic carbocycles. The third kappa shape index (κ3) is 2.99. The maximum absolute atomic E-state index is 12.5. The molecule has 0 saturated carbocycles. The van der Waals surface area contributed by atoms with Crippen LogP contribution in [0.3, 0.4) is 0 Å². The van der Waals surface area contributed by atoms with Crippen molar-refractivity contribution in [2.75, 3.05) is 13.1 Å². The van der Waals surface area contributed by atoms with Crippen LogP contribution in [-0.4, -0.2) is 41.9 Å². The van der Waals surface area contributed by atoms with Crippen molar-refractivity contribution in [1.82, 2.24) is 4.31 Å². The number of phenolic OH excluding ortho intramolecular Hbond substituents is 1. The quantitative estimate of drug-likeness (QED) is 0.620. The molecule has 0 spiro atoms. The molecule has 1 heterocycles. The van der Waals surface area contributed by atoms with Crippen LogP contribution < -0.4 is 5.73 Å². The summed E-state index contributed by atoms with van der Waals surface area (Å²) >= 11 is 0. The normalized spacial score (nSPS) is 21.3. The number of nitro benzene ring substituents is 1. The number of benzene rings is 1. The molecule has 3 N–H and O–H groups in total. The van der Waals surface area contributed by atoms with Crippen LogP contribution in [0, 0.1) is 16.0 Å². The lowest BCUT2D eigenvalue weighted by Crippen LogP contribution is -2.33. The van der Waals surface area contributed by atoms with Crippen LogP contribution in [0.15, 0.2) is 23.1 Å². The highest BCUT2D eigenvalue weighted by Crippen LogP contribution is 2.31. The zero-order valence-electron chi connectivity index (χ0n) is 11.5. The van der Waals surface area contributed by atoms with Crippen LogP contribution in [0.25, 0.3) is 0 Å². The summed E-state index contributed by atoms with van der Waals surface area (Å²) < 4.78 is 26.2. The van der Waals surface area contributed by atoms with Gasteiger partial charge in [-0.15, -0.1) is 0 Å². The predicted molar refractivity (Wildman–Crippen MR) is 75.3 cm³/mol. The van der Waals surface area contributed by atoms with Crippen molar-refractivity contribution in [1.29, 1.82) is 0 Å². The molecule has 1 aromatic carbocycles. The van der Waals surface area contributed by atoms with Gasteiger partial charge in [0.2, 0.25) is 10.0 Å². The molecular formula is C12H17N3O5S. The predicted octanol–water partition coefficient (Wildman–Crippen LogP) is 0.658. The van der Waals surface area contributed by atoms with Gasteiger partial charge in [-0.05, 0) is 31.4 Å². The van der Waals surface area contributed by atoms with Gasteiger partial charge in [0.05, 0.1) is 9.82 Å². The van der Waals surface area contributed by atoms with Crippen molar-refractivity contribution >= 4 is 15.7 Å². The summed E-state index contributed by atoms with van der Waals surface area (Å²) in [5, 5.41) is 20.2. The lowest BCUT2D eigenvalue weighted by molar-refractivity contribution is -0.386. The largest absolute Gasteiger partial charge is 0.502 e. The van der Waals surface area contributed by atoms with E-state index in [1.165, 1.54) is 4.31 Å². The number of nitrogens with zero attached hydrogens (tertiary/aromatic N) is 2. The molecule has 0 aromatic heterocycles. The zero-order valence-corrected chi connectivity index (χ0v) is 12.3. The third-order valence-corrected chi connectivity index (χ3v) is 5.57. The second kappa shape index (κ2) is 5.58. The van der Waals surface area contributed by atoms with Crippen LogP contribution in [0.5, 0.6) is 5.75 Å². The average Bonchev–Trinajstić information content (AvgIpc) is 2.89. The number of nitro groups is 1. The second-order valence-electron chi connectivity index (χ2n) is 5.18. The van der Waals surface area contributed by atoms with Gasteiger partial charge in [0, 0.05) is 25.2 Å². The Labute approximate surface area is 122 Å². The maximum atomic E-state index is 12.5. The summed E-state index contributed by atoms with van der Waals surface area (Å²) in [5.41, 5.74) is 5.16. The Morgan fingerprint density at radius 2 is 2.19 bits per heavy atom. The maximum Gasteiger partial charge on any atom is 0.312 e. The van der Waals surface area contributed by atoms with Gasteiger partial charge in [0.25, 0.3) is 0 Å². The first kappa shape index (κ1) is 15.7. The van der Waals surface area contributed by atoms with Crippen LogP contribution >= 0.6 is 0 Å². The Balaban J connectivity index is 2.33. The molecule has 1 aliphatic heterocycles. The summed E-state index contributed by atoms with van der Waals surface area (Å²) in [6.07, 6.45) is 0.664. The smallest absolute Gasteiger partial charge is 0.312 e. The summed E-state index contributed by atoms with van der Waals surface area (Å²) in [4.78, 5) is 9.77. The highest BCUT2D eigenvalue weighted by Gasteiger charge is 2.34. The molecule has 1 fully saturated rings. The Hall–Kier alpha value is -1.71. The highest BCUT2D eigenvalue weighted by molar-refractivity contribution is 7.89. The first-order valence-electron chi connectivity index (χ1n) is 6.46. The van der Waals surface area contributed by atoms with Gasteiger partial charge >= 0.3 is 5.69 Å². The highest BCUT2D eigenvalue weighted by atomic mass is 32.2. The Morgan fingerprint density at radius 1 is 1.52 bits per heavy atom. The summed E-state index contributed by atoms with van der Waals surface area (Å²) in [6, 6.07) is 2.95. The zero-order chi connectivity index (χ0) is 15.8. The van der Waals surface area contributed by atoms with E-state index in [0.29, 0.717) is 19.5 Å². The molecule has 2 atom stereocenters. The van der Waals surface area contributed by atoms with Crippen molar-refractivity contribution in [3.63, 3.8) is 0 Å². The van der Waals surface area contributed by atoms with E-state index in [-0.39, 0.29) is 16.9 Å². The van der Waals surface area contributed by atoms with Gasteiger partial charge in [-0.1, -0.05) is 0 Å². The van der Waals surface area contributed by atoms with Crippen LogP contribution in [-0.2, 0) is 10.0 Å². The number of sulfonamides is 1. The fourth-order valence-electron chi connectivity index (χ4n) is 2.36. The Bertz CT molecular complexity index is 659. The standard InChI is InChI=1S/C12H17N3O5S/c1-8(13)9-4-5-14(7-9)21(19,20)10-2-3-12(16)11(6-10)15(17)18/h2-3,6,8-9,16H,4-5,7,13H2,1H3. The molecule has 21 heavy (non-hydrogen) atoms. The minimum Gasteiger partial charge on any atom is -0.502 e. The van der Waals surface area contributed by atoms with E-state index in [9.17, 15) is 23.6 Å². The van der Waals surface area contributed by atoms with Crippen molar-refractivity contribution in [3.8, 4) is 5.75 Å². The molecule has 8 nitrogen and oxygen atoms in total. The SMILES string of the molecule is CC(N)C1CCN(S(=O)(=O)c2ccc(O)c([N+](=O)[O-])c2)C1. The third-order valence-electron chi connectivity index (χ3n) is 3.71. The summed E-state index contributed by atoms with van der Waals surface area (Å²) in [5.74, 6) is -0.485. The average molecular weight is 315 g/mol. The molecule has 2 rings (SSSR count). The van der Waals surface area contributed by atoms with E-state index >= 15 is 0 Å². The molecule has 1 aliphatic rings. The molecule has 9 heteroatoms. The van der Waals surface area contributed by atoms with Gasteiger partial charge in [0.1, 0.15) is 0 Å². The molecular weight excluding hydrogens is 298 g/mol. The van der Waals surface area contributed by atoms with E-state index in [0.717, 1.165) is 18.2 Å². The van der Waals surface area contributed by atoms with Gasteiger partial charge in [0.15, 0.2) is 5.75 Å². The summed E-state index contributed by atoms with van der Waals surface area (Å²) in [6.45, 7) is 2.46. The van der Waals surface area contributed by atoms with Crippen LogP contribution in [0.1, 0.15) is 13.3 Å². The lowest BCUT2D eigenvalue weighted by atomic mass is 10.0. The van der Waals surface area contributed by atoms with Crippen LogP contribution in [0.4, 0.5) is 5.69 Å². The van der Waals surface area contributed by atoms with E-state index in [4.69, 9.17) is 5.73 Å². The molecule has 116 valence electrons. The van der Waals surface area contributed by atoms with Gasteiger partial charge in [-0.25, -0.2) is 8.42 Å². The van der Waals surface area contributed by atoms with Crippen molar-refractivity contribution < 1.29 is 18.4 Å². The number of rotatable bonds is 4. The Morgan fingerprint density at radius 3 is 2.71 bits per heavy atom. The summed E-state index contributed by atoms with van der Waals surface area (Å²) in [7, 11) is -3.82. The van der Waals surface area contributed by atoms with E-state index in [1.807, 2.05) is 6.92 Å². The number of phenols is 1. The number of hydrogen-bond acceptors (Lipinski definition) is 6. The van der Waals surface area contributed by atoms with E-state index < -0.39 is 26.4 Å². The van der Waals surface area contributed by atoms with Crippen molar-refractivity contribution in [3.05, 3.63) is 28.3 Å². The monoisotopic (exact) mass is 315 g/mol. The fourth-order valence-corrected chi connectivity index (χ4v) is 3.89. The first-order valence-corrected chi connectivity index (χ1v) is 7.90. The molecule has 0 radical (unpaired) electrons. The molecule has 1 aromatic rings. The minimum atomic E-state index is -3.82. The Kier molecular flexibility index (Phi) is 4.17. The van der Waals surface area contributed by atoms with Gasteiger partial charge < -0.3 is 10.8 Å². The minimum absolute atomic E-state index is 0.0758. The van der Waals surface area contributed by atoms with Crippen molar-refractivity contribution in [2.24, 2.45) is 11.7 Å². The van der Waals surface area contributed by atoms with Crippen molar-refractivity contribution in [2.45, 2.75) is 24.3 Å². The fraction of sp³-hybridized carbons (Fsp3) is 0.500. The van der Waals surface area contributed by atoms with Gasteiger partial charge in [-0.2, -0.15) is 4.31 Å². The number of aromatic hydroxyl groups is 1. The van der Waals surface area contributed by atoms with E-state index in [2.05, 4.69) is 0 Å². The molecule has 2 unspecified atom stereocenters. The number of nitrogens with two attached hydrogens (primary N) is 1. The lowest BCUT2D eigenvalue weighted by Gasteiger charge is -2.18. The molecule has 0 bridgehead atoms. The second-order valence-corrected chi connectivity index (χ2v) is 7.12. The number of hydrogen-bond donors (Lipinski definition) is 2. The molecule has 0 amide bonds. The molecule has 1 saturated heterocycles. The topological polar surface area (TPSA) is 127 Å². The van der Waals surface area contributed by atoms with Gasteiger partial charge in [-0.3, -0.25) is 10.1 Å². The van der Waals surface area contributed by atoms with E-state index in [1.54, 1.807) is 0 Å². The first-order chi connectivity index (χ1) is 9.73. The van der Waals surface area contributed by atoms with Crippen LogP contribution in [0.2, 0.25) is 0 Å².